The van der Waals surface area contributed by atoms with E-state index in [1.54, 1.807) is 37.7 Å². The zero-order valence-electron chi connectivity index (χ0n) is 21.8. The molecule has 2 atom stereocenters. The van der Waals surface area contributed by atoms with Gasteiger partial charge < -0.3 is 25.0 Å². The molecule has 0 aliphatic heterocycles. The van der Waals surface area contributed by atoms with Crippen molar-refractivity contribution in [1.82, 2.24) is 24.8 Å². The molecule has 2 N–H and O–H groups in total. The van der Waals surface area contributed by atoms with Gasteiger partial charge >= 0.3 is 0 Å². The first kappa shape index (κ1) is 25.5. The lowest BCUT2D eigenvalue weighted by molar-refractivity contribution is -0.0945. The summed E-state index contributed by atoms with van der Waals surface area (Å²) in [6.07, 6.45) is 5.69. The molecule has 1 fully saturated rings. The quantitative estimate of drug-likeness (QED) is 0.320. The second-order valence-electron chi connectivity index (χ2n) is 10.1. The van der Waals surface area contributed by atoms with E-state index >= 15 is 0 Å². The van der Waals surface area contributed by atoms with Crippen molar-refractivity contribution in [3.8, 4) is 11.6 Å². The molecule has 1 aromatic carbocycles. The van der Waals surface area contributed by atoms with Crippen LogP contribution in [0.1, 0.15) is 20.3 Å². The third-order valence-electron chi connectivity index (χ3n) is 6.95. The lowest BCUT2D eigenvalue weighted by Crippen LogP contribution is -2.61. The first-order valence-corrected chi connectivity index (χ1v) is 12.1. The van der Waals surface area contributed by atoms with E-state index in [0.29, 0.717) is 51.7 Å². The maximum Gasteiger partial charge on any atom is 0.257 e. The fourth-order valence-electron chi connectivity index (χ4n) is 4.77. The molecule has 0 amide bonds. The molecule has 11 heteroatoms. The Balaban J connectivity index is 1.29. The third-order valence-corrected chi connectivity index (χ3v) is 6.95. The molecule has 0 unspecified atom stereocenters. The normalized spacial score (nSPS) is 18.2. The molecule has 0 bridgehead atoms. The Morgan fingerprint density at radius 1 is 0.974 bits per heavy atom. The zero-order valence-corrected chi connectivity index (χ0v) is 21.8. The molecule has 3 heterocycles. The number of ether oxygens (including phenoxy) is 2. The van der Waals surface area contributed by atoms with Crippen molar-refractivity contribution in [3.63, 3.8) is 0 Å². The lowest BCUT2D eigenvalue weighted by atomic mass is 9.64. The molecule has 1 saturated carbocycles. The fraction of sp³-hybridized carbons (Fsp3) is 0.333. The number of nitrogens with zero attached hydrogens (tertiary/aromatic N) is 5. The van der Waals surface area contributed by atoms with Gasteiger partial charge in [0.15, 0.2) is 17.4 Å². The summed E-state index contributed by atoms with van der Waals surface area (Å²) in [5, 5.41) is 6.69. The molecule has 5 rings (SSSR count). The highest BCUT2D eigenvalue weighted by Crippen LogP contribution is 2.46. The topological polar surface area (TPSA) is 97.3 Å². The summed E-state index contributed by atoms with van der Waals surface area (Å²) >= 11 is 0. The number of halogens is 2. The minimum Gasteiger partial charge on any atom is -0.491 e. The molecule has 38 heavy (non-hydrogen) atoms. The summed E-state index contributed by atoms with van der Waals surface area (Å²) in [6.45, 7) is 4.39. The molecule has 4 aromatic rings. The van der Waals surface area contributed by atoms with Gasteiger partial charge in [-0.15, -0.1) is 0 Å². The van der Waals surface area contributed by atoms with Crippen molar-refractivity contribution < 1.29 is 18.3 Å². The van der Waals surface area contributed by atoms with Crippen molar-refractivity contribution >= 4 is 34.0 Å². The molecule has 3 aromatic heterocycles. The van der Waals surface area contributed by atoms with Gasteiger partial charge in [-0.05, 0) is 32.3 Å². The van der Waals surface area contributed by atoms with Gasteiger partial charge in [0.05, 0.1) is 36.4 Å². The second-order valence-corrected chi connectivity index (χ2v) is 10.1. The number of hydrogen-bond acceptors (Lipinski definition) is 9. The molecule has 0 saturated heterocycles. The van der Waals surface area contributed by atoms with Gasteiger partial charge in [0.2, 0.25) is 5.95 Å². The Labute approximate surface area is 219 Å². The number of benzene rings is 1. The Hall–Kier alpha value is -4.12. The SMILES string of the molecule is COc1cc(Nc2nccc(Nc3cnc4cc(F)c(F)cc4c3)n2)cnc1O[C@@H]1C[C@H](N(C)C)C1(C)C. The van der Waals surface area contributed by atoms with E-state index < -0.39 is 11.6 Å². The lowest BCUT2D eigenvalue weighted by Gasteiger charge is -2.53. The maximum atomic E-state index is 13.6. The van der Waals surface area contributed by atoms with Crippen LogP contribution in [0.25, 0.3) is 10.9 Å². The monoisotopic (exact) mass is 521 g/mol. The van der Waals surface area contributed by atoms with Crippen molar-refractivity contribution in [3.05, 3.63) is 60.6 Å². The number of anilines is 4. The van der Waals surface area contributed by atoms with Crippen LogP contribution in [0, 0.1) is 17.0 Å². The van der Waals surface area contributed by atoms with Gasteiger partial charge in [0, 0.05) is 41.6 Å². The van der Waals surface area contributed by atoms with E-state index in [9.17, 15) is 8.78 Å². The van der Waals surface area contributed by atoms with E-state index in [0.717, 1.165) is 18.6 Å². The summed E-state index contributed by atoms with van der Waals surface area (Å²) in [7, 11) is 5.73. The molecular weight excluding hydrogens is 492 g/mol. The summed E-state index contributed by atoms with van der Waals surface area (Å²) in [4.78, 5) is 19.6. The number of methoxy groups -OCH3 is 1. The predicted octanol–water partition coefficient (Wildman–Crippen LogP) is 5.30. The number of rotatable bonds is 8. The van der Waals surface area contributed by atoms with Crippen molar-refractivity contribution in [1.29, 1.82) is 0 Å². The highest BCUT2D eigenvalue weighted by atomic mass is 19.2. The van der Waals surface area contributed by atoms with Crippen molar-refractivity contribution in [2.24, 2.45) is 5.41 Å². The largest absolute Gasteiger partial charge is 0.491 e. The first-order valence-electron chi connectivity index (χ1n) is 12.1. The third kappa shape index (κ3) is 5.01. The van der Waals surface area contributed by atoms with Crippen molar-refractivity contribution in [2.75, 3.05) is 31.8 Å². The number of aromatic nitrogens is 4. The summed E-state index contributed by atoms with van der Waals surface area (Å²) in [5.74, 6) is -0.131. The fourth-order valence-corrected chi connectivity index (χ4v) is 4.77. The maximum absolute atomic E-state index is 13.6. The van der Waals surface area contributed by atoms with Crippen LogP contribution in [-0.2, 0) is 0 Å². The summed E-state index contributed by atoms with van der Waals surface area (Å²) in [5.41, 5.74) is 1.52. The molecular formula is C27H29F2N7O2. The van der Waals surface area contributed by atoms with Gasteiger partial charge in [-0.25, -0.2) is 18.7 Å². The highest BCUT2D eigenvalue weighted by molar-refractivity contribution is 5.82. The Bertz CT molecular complexity index is 1480. The number of pyridine rings is 2. The van der Waals surface area contributed by atoms with E-state index in [-0.39, 0.29) is 11.5 Å². The van der Waals surface area contributed by atoms with E-state index in [2.05, 4.69) is 63.4 Å². The number of hydrogen-bond donors (Lipinski definition) is 2. The van der Waals surface area contributed by atoms with Gasteiger partial charge in [0.25, 0.3) is 5.88 Å². The number of nitrogens with one attached hydrogen (secondary N) is 2. The van der Waals surface area contributed by atoms with Gasteiger partial charge in [-0.3, -0.25) is 4.98 Å². The van der Waals surface area contributed by atoms with E-state index in [1.165, 1.54) is 6.20 Å². The smallest absolute Gasteiger partial charge is 0.257 e. The van der Waals surface area contributed by atoms with E-state index in [4.69, 9.17) is 9.47 Å². The molecule has 1 aliphatic carbocycles. The van der Waals surface area contributed by atoms with Crippen LogP contribution in [0.4, 0.5) is 31.9 Å². The molecule has 9 nitrogen and oxygen atoms in total. The van der Waals surface area contributed by atoms with Crippen LogP contribution in [0.2, 0.25) is 0 Å². The Kier molecular flexibility index (Phi) is 6.70. The average molecular weight is 522 g/mol. The van der Waals surface area contributed by atoms with Crippen molar-refractivity contribution in [2.45, 2.75) is 32.4 Å². The summed E-state index contributed by atoms with van der Waals surface area (Å²) in [6, 6.07) is 7.73. The van der Waals surface area contributed by atoms with Gasteiger partial charge in [-0.1, -0.05) is 13.8 Å². The molecule has 1 aliphatic rings. The van der Waals surface area contributed by atoms with Crippen LogP contribution in [0.3, 0.4) is 0 Å². The van der Waals surface area contributed by atoms with Gasteiger partial charge in [0.1, 0.15) is 11.9 Å². The molecule has 0 spiro atoms. The Morgan fingerprint density at radius 3 is 2.45 bits per heavy atom. The standard InChI is InChI=1S/C27H29F2N7O2/c1-27(2)22(36(3)4)12-23(27)38-25-21(37-5)10-17(14-32-25)34-26-30-7-6-24(35-26)33-16-8-15-9-18(28)19(29)11-20(15)31-13-16/h6-11,13-14,22-23H,12H2,1-5H3,(H2,30,33,34,35)/t22-,23+/m0/s1. The number of fused-ring (bicyclic) bond motifs is 1. The molecule has 0 radical (unpaired) electrons. The molecule has 198 valence electrons. The second kappa shape index (κ2) is 9.97. The van der Waals surface area contributed by atoms with E-state index in [1.807, 2.05) is 0 Å². The van der Waals surface area contributed by atoms with Gasteiger partial charge in [-0.2, -0.15) is 4.98 Å². The van der Waals surface area contributed by atoms with Crippen LogP contribution in [-0.4, -0.2) is 58.2 Å². The van der Waals surface area contributed by atoms with Crippen LogP contribution in [0.15, 0.2) is 48.9 Å². The summed E-state index contributed by atoms with van der Waals surface area (Å²) < 4.78 is 38.9. The first-order chi connectivity index (χ1) is 18.1. The van der Waals surface area contributed by atoms with Crippen LogP contribution >= 0.6 is 0 Å². The minimum absolute atomic E-state index is 0.0146. The van der Waals surface area contributed by atoms with Crippen LogP contribution < -0.4 is 20.1 Å². The Morgan fingerprint density at radius 2 is 1.71 bits per heavy atom. The van der Waals surface area contributed by atoms with Crippen LogP contribution in [0.5, 0.6) is 11.6 Å². The zero-order chi connectivity index (χ0) is 27.0. The average Bonchev–Trinajstić information content (AvgIpc) is 2.87. The highest BCUT2D eigenvalue weighted by Gasteiger charge is 2.51. The predicted molar refractivity (Wildman–Crippen MR) is 141 cm³/mol. The minimum atomic E-state index is -0.937.